The fraction of sp³-hybridized carbons (Fsp3) is 0.158. The maximum atomic E-state index is 3.68. The Morgan fingerprint density at radius 1 is 0.842 bits per heavy atom. The molecule has 0 atom stereocenters. The van der Waals surface area contributed by atoms with Gasteiger partial charge in [0, 0.05) is 0 Å². The minimum atomic E-state index is 0.834. The number of hydrogen-bond acceptors (Lipinski definition) is 0. The largest absolute Gasteiger partial charge is 0.0991 e. The van der Waals surface area contributed by atoms with Gasteiger partial charge in [0.05, 0.1) is 0 Å². The van der Waals surface area contributed by atoms with Crippen molar-refractivity contribution in [2.24, 2.45) is 0 Å². The molecule has 2 aromatic rings. The number of hydrogen-bond donors (Lipinski definition) is 0. The van der Waals surface area contributed by atoms with Crippen LogP contribution in [0.15, 0.2) is 67.3 Å². The van der Waals surface area contributed by atoms with Gasteiger partial charge in [-0.05, 0) is 41.0 Å². The highest BCUT2D eigenvalue weighted by atomic mass is 14.3. The summed E-state index contributed by atoms with van der Waals surface area (Å²) in [6.07, 6.45) is 8.55. The summed E-state index contributed by atoms with van der Waals surface area (Å²) < 4.78 is 0. The molecule has 0 radical (unpaired) electrons. The molecule has 1 saturated carbocycles. The summed E-state index contributed by atoms with van der Waals surface area (Å²) in [5.74, 6) is 0.834. The molecule has 0 saturated heterocycles. The first-order valence-corrected chi connectivity index (χ1v) is 6.86. The van der Waals surface area contributed by atoms with Crippen molar-refractivity contribution >= 4 is 6.08 Å². The van der Waals surface area contributed by atoms with Gasteiger partial charge in [0.15, 0.2) is 0 Å². The first-order valence-electron chi connectivity index (χ1n) is 6.86. The second-order valence-corrected chi connectivity index (χ2v) is 5.11. The Morgan fingerprint density at radius 2 is 1.42 bits per heavy atom. The molecule has 1 aliphatic rings. The van der Waals surface area contributed by atoms with E-state index in [2.05, 4.69) is 61.2 Å². The Kier molecular flexibility index (Phi) is 3.33. The first-order chi connectivity index (χ1) is 9.36. The highest BCUT2D eigenvalue weighted by Crippen LogP contribution is 2.40. The summed E-state index contributed by atoms with van der Waals surface area (Å²) in [7, 11) is 0. The van der Waals surface area contributed by atoms with Gasteiger partial charge in [0.25, 0.3) is 0 Å². The van der Waals surface area contributed by atoms with E-state index in [0.717, 1.165) is 5.92 Å². The average molecular weight is 246 g/mol. The summed E-state index contributed by atoms with van der Waals surface area (Å²) in [6.45, 7) is 3.68. The average Bonchev–Trinajstić information content (AvgIpc) is 3.31. The van der Waals surface area contributed by atoms with Crippen LogP contribution in [0, 0.1) is 0 Å². The van der Waals surface area contributed by atoms with Crippen LogP contribution in [-0.2, 0) is 0 Å². The zero-order valence-electron chi connectivity index (χ0n) is 11.0. The van der Waals surface area contributed by atoms with Crippen LogP contribution in [0.5, 0.6) is 0 Å². The third kappa shape index (κ3) is 2.85. The monoisotopic (exact) mass is 246 g/mol. The van der Waals surface area contributed by atoms with Gasteiger partial charge in [-0.15, -0.1) is 0 Å². The van der Waals surface area contributed by atoms with Crippen LogP contribution in [0.4, 0.5) is 0 Å². The van der Waals surface area contributed by atoms with Gasteiger partial charge in [-0.1, -0.05) is 73.3 Å². The van der Waals surface area contributed by atoms with Crippen LogP contribution in [0.25, 0.3) is 17.2 Å². The topological polar surface area (TPSA) is 0 Å². The third-order valence-corrected chi connectivity index (χ3v) is 3.63. The Morgan fingerprint density at radius 3 is 1.95 bits per heavy atom. The predicted octanol–water partition coefficient (Wildman–Crippen LogP) is 5.43. The molecule has 0 bridgehead atoms. The standard InChI is InChI=1S/C19H18/c1-2-3-4-15-5-7-16(8-6-15)17-9-11-18(12-10-17)19-13-14-19/h2-12,19H,1,13-14H2/b4-3+. The molecule has 0 spiro atoms. The van der Waals surface area contributed by atoms with Gasteiger partial charge in [-0.25, -0.2) is 0 Å². The molecule has 0 unspecified atom stereocenters. The van der Waals surface area contributed by atoms with Crippen molar-refractivity contribution < 1.29 is 0 Å². The van der Waals surface area contributed by atoms with Crippen molar-refractivity contribution in [1.82, 2.24) is 0 Å². The third-order valence-electron chi connectivity index (χ3n) is 3.63. The maximum Gasteiger partial charge on any atom is -0.0162 e. The molecule has 19 heavy (non-hydrogen) atoms. The molecular formula is C19H18. The Balaban J connectivity index is 1.80. The van der Waals surface area contributed by atoms with E-state index in [1.165, 1.54) is 35.1 Å². The normalized spacial score (nSPS) is 14.7. The quantitative estimate of drug-likeness (QED) is 0.631. The van der Waals surface area contributed by atoms with Crippen molar-refractivity contribution in [2.75, 3.05) is 0 Å². The van der Waals surface area contributed by atoms with Crippen LogP contribution in [0.2, 0.25) is 0 Å². The van der Waals surface area contributed by atoms with Crippen LogP contribution < -0.4 is 0 Å². The summed E-state index contributed by atoms with van der Waals surface area (Å²) in [5, 5.41) is 0. The summed E-state index contributed by atoms with van der Waals surface area (Å²) in [5.41, 5.74) is 5.27. The molecule has 3 rings (SSSR count). The number of rotatable bonds is 4. The number of allylic oxidation sites excluding steroid dienone is 2. The van der Waals surface area contributed by atoms with E-state index in [0.29, 0.717) is 0 Å². The van der Waals surface area contributed by atoms with E-state index in [1.54, 1.807) is 6.08 Å². The molecule has 1 aliphatic carbocycles. The van der Waals surface area contributed by atoms with Gasteiger partial charge in [-0.3, -0.25) is 0 Å². The van der Waals surface area contributed by atoms with Gasteiger partial charge in [0.2, 0.25) is 0 Å². The molecule has 0 N–H and O–H groups in total. The van der Waals surface area contributed by atoms with Crippen LogP contribution >= 0.6 is 0 Å². The Labute approximate surface area is 115 Å². The second-order valence-electron chi connectivity index (χ2n) is 5.11. The van der Waals surface area contributed by atoms with Gasteiger partial charge in [0.1, 0.15) is 0 Å². The van der Waals surface area contributed by atoms with Crippen molar-refractivity contribution in [1.29, 1.82) is 0 Å². The zero-order chi connectivity index (χ0) is 13.1. The number of benzene rings is 2. The zero-order valence-corrected chi connectivity index (χ0v) is 11.0. The molecule has 2 aromatic carbocycles. The molecule has 0 aliphatic heterocycles. The van der Waals surface area contributed by atoms with Gasteiger partial charge in [-0.2, -0.15) is 0 Å². The SMILES string of the molecule is C=C/C=C/c1ccc(-c2ccc(C3CC3)cc2)cc1. The van der Waals surface area contributed by atoms with Crippen molar-refractivity contribution in [3.63, 3.8) is 0 Å². The summed E-state index contributed by atoms with van der Waals surface area (Å²) in [6, 6.07) is 17.7. The van der Waals surface area contributed by atoms with E-state index in [4.69, 9.17) is 0 Å². The van der Waals surface area contributed by atoms with Crippen molar-refractivity contribution in [2.45, 2.75) is 18.8 Å². The van der Waals surface area contributed by atoms with E-state index < -0.39 is 0 Å². The molecular weight excluding hydrogens is 228 g/mol. The van der Waals surface area contributed by atoms with Gasteiger partial charge >= 0.3 is 0 Å². The fourth-order valence-electron chi connectivity index (χ4n) is 2.33. The summed E-state index contributed by atoms with van der Waals surface area (Å²) >= 11 is 0. The molecule has 0 aromatic heterocycles. The molecule has 1 fully saturated rings. The lowest BCUT2D eigenvalue weighted by atomic mass is 10.0. The van der Waals surface area contributed by atoms with Crippen LogP contribution in [-0.4, -0.2) is 0 Å². The lowest BCUT2D eigenvalue weighted by molar-refractivity contribution is 1.13. The van der Waals surface area contributed by atoms with Crippen molar-refractivity contribution in [3.05, 3.63) is 78.4 Å². The van der Waals surface area contributed by atoms with E-state index in [9.17, 15) is 0 Å². The molecule has 0 heteroatoms. The van der Waals surface area contributed by atoms with Crippen molar-refractivity contribution in [3.8, 4) is 11.1 Å². The van der Waals surface area contributed by atoms with E-state index in [-0.39, 0.29) is 0 Å². The minimum Gasteiger partial charge on any atom is -0.0991 e. The minimum absolute atomic E-state index is 0.834. The van der Waals surface area contributed by atoms with Crippen LogP contribution in [0.1, 0.15) is 29.9 Å². The second kappa shape index (κ2) is 5.27. The molecule has 0 heterocycles. The molecule has 94 valence electrons. The Hall–Kier alpha value is -2.08. The maximum absolute atomic E-state index is 3.68. The van der Waals surface area contributed by atoms with E-state index in [1.807, 2.05) is 6.08 Å². The fourth-order valence-corrected chi connectivity index (χ4v) is 2.33. The lowest BCUT2D eigenvalue weighted by Crippen LogP contribution is -1.81. The smallest absolute Gasteiger partial charge is 0.0162 e. The van der Waals surface area contributed by atoms with Crippen LogP contribution in [0.3, 0.4) is 0 Å². The van der Waals surface area contributed by atoms with Gasteiger partial charge < -0.3 is 0 Å². The highest BCUT2D eigenvalue weighted by molar-refractivity contribution is 5.66. The molecule has 0 nitrogen and oxygen atoms in total. The Bertz CT molecular complexity index is 581. The highest BCUT2D eigenvalue weighted by Gasteiger charge is 2.22. The van der Waals surface area contributed by atoms with E-state index >= 15 is 0 Å². The lowest BCUT2D eigenvalue weighted by Gasteiger charge is -2.04. The molecule has 0 amide bonds. The first kappa shape index (κ1) is 12.0. The predicted molar refractivity (Wildman–Crippen MR) is 83.1 cm³/mol. The summed E-state index contributed by atoms with van der Waals surface area (Å²) in [4.78, 5) is 0.